The van der Waals surface area contributed by atoms with E-state index in [1.165, 1.54) is 0 Å². The van der Waals surface area contributed by atoms with E-state index in [1.54, 1.807) is 28.2 Å². The molecule has 2 fully saturated rings. The van der Waals surface area contributed by atoms with Crippen LogP contribution in [0.3, 0.4) is 0 Å². The van der Waals surface area contributed by atoms with Crippen molar-refractivity contribution in [1.29, 1.82) is 5.26 Å². The van der Waals surface area contributed by atoms with Gasteiger partial charge >= 0.3 is 6.03 Å². The molecule has 1 aliphatic heterocycles. The number of aliphatic hydroxyl groups is 1. The maximum Gasteiger partial charge on any atom is 0.323 e. The summed E-state index contributed by atoms with van der Waals surface area (Å²) in [6.07, 6.45) is 11.1. The molecule has 3 N–H and O–H groups in total. The van der Waals surface area contributed by atoms with E-state index in [-0.39, 0.29) is 30.6 Å². The summed E-state index contributed by atoms with van der Waals surface area (Å²) in [6, 6.07) is 15.9. The smallest absolute Gasteiger partial charge is 0.323 e. The molecule has 12 heteroatoms. The van der Waals surface area contributed by atoms with Gasteiger partial charge in [0.25, 0.3) is 0 Å². The molecule has 1 atom stereocenters. The van der Waals surface area contributed by atoms with E-state index in [9.17, 15) is 15.2 Å². The van der Waals surface area contributed by atoms with Crippen LogP contribution in [-0.4, -0.2) is 67.7 Å². The Balaban J connectivity index is 1.14. The molecular formula is C33H38N10O2. The van der Waals surface area contributed by atoms with Crippen LogP contribution in [0.5, 0.6) is 0 Å². The number of aryl methyl sites for hydroxylation is 1. The summed E-state index contributed by atoms with van der Waals surface area (Å²) < 4.78 is 1.75. The summed E-state index contributed by atoms with van der Waals surface area (Å²) in [5.74, 6) is 1.90. The molecule has 0 bridgehead atoms. The standard InChI is InChI=1S/C33H38N10O2/c1-41-21-27(19-38-41)25-7-12-30(35-17-25)43(33(45)37-16-23-5-3-2-4-6-23)29-10-8-28(9-11-29)39-32-36-18-26(15-34)31(40-32)42-14-13-24(20-42)22-44/h2-7,12,17-19,21,24,28-29,44H,8-11,13-14,16,20,22H2,1H3,(H,37,45)(H,36,39,40). The number of rotatable bonds is 9. The lowest BCUT2D eigenvalue weighted by atomic mass is 9.90. The van der Waals surface area contributed by atoms with E-state index in [0.29, 0.717) is 36.2 Å². The van der Waals surface area contributed by atoms with Crippen LogP contribution in [0.1, 0.15) is 43.2 Å². The summed E-state index contributed by atoms with van der Waals surface area (Å²) >= 11 is 0. The first-order valence-corrected chi connectivity index (χ1v) is 15.5. The molecule has 1 saturated heterocycles. The Bertz CT molecular complexity index is 1630. The molecule has 3 aromatic heterocycles. The average Bonchev–Trinajstić information content (AvgIpc) is 3.75. The number of aromatic nitrogens is 5. The minimum Gasteiger partial charge on any atom is -0.396 e. The van der Waals surface area contributed by atoms with Crippen molar-refractivity contribution < 1.29 is 9.90 Å². The Labute approximate surface area is 262 Å². The van der Waals surface area contributed by atoms with Gasteiger partial charge in [-0.2, -0.15) is 15.3 Å². The number of benzene rings is 1. The molecule has 2 amide bonds. The fourth-order valence-corrected chi connectivity index (χ4v) is 6.18. The monoisotopic (exact) mass is 606 g/mol. The molecule has 1 saturated carbocycles. The number of nitrogens with zero attached hydrogens (tertiary/aromatic N) is 8. The van der Waals surface area contributed by atoms with Crippen LogP contribution in [0.15, 0.2) is 67.3 Å². The number of anilines is 3. The number of hydrogen-bond acceptors (Lipinski definition) is 9. The Morgan fingerprint density at radius 1 is 1.04 bits per heavy atom. The van der Waals surface area contributed by atoms with Crippen molar-refractivity contribution in [2.75, 3.05) is 34.8 Å². The van der Waals surface area contributed by atoms with Gasteiger partial charge < -0.3 is 20.6 Å². The molecule has 1 unspecified atom stereocenters. The highest BCUT2D eigenvalue weighted by atomic mass is 16.3. The highest BCUT2D eigenvalue weighted by molar-refractivity contribution is 5.91. The van der Waals surface area contributed by atoms with Gasteiger partial charge in [0.15, 0.2) is 5.82 Å². The van der Waals surface area contributed by atoms with Crippen molar-refractivity contribution in [3.05, 3.63) is 78.4 Å². The number of carbonyl (C=O) groups excluding carboxylic acids is 1. The van der Waals surface area contributed by atoms with Crippen LogP contribution in [0.2, 0.25) is 0 Å². The third kappa shape index (κ3) is 7.05. The highest BCUT2D eigenvalue weighted by Crippen LogP contribution is 2.31. The van der Waals surface area contributed by atoms with Crippen molar-refractivity contribution in [1.82, 2.24) is 30.0 Å². The van der Waals surface area contributed by atoms with E-state index in [1.807, 2.05) is 55.7 Å². The number of carbonyl (C=O) groups is 1. The lowest BCUT2D eigenvalue weighted by Gasteiger charge is -2.36. The summed E-state index contributed by atoms with van der Waals surface area (Å²) in [4.78, 5) is 31.4. The van der Waals surface area contributed by atoms with Gasteiger partial charge in [-0.05, 0) is 49.8 Å². The molecule has 6 rings (SSSR count). The molecule has 4 heterocycles. The highest BCUT2D eigenvalue weighted by Gasteiger charge is 2.32. The third-order valence-electron chi connectivity index (χ3n) is 8.67. The molecule has 0 spiro atoms. The molecule has 4 aromatic rings. The van der Waals surface area contributed by atoms with Crippen molar-refractivity contribution in [2.45, 2.75) is 50.7 Å². The summed E-state index contributed by atoms with van der Waals surface area (Å²) in [7, 11) is 1.88. The van der Waals surface area contributed by atoms with Crippen LogP contribution >= 0.6 is 0 Å². The topological polar surface area (TPSA) is 148 Å². The van der Waals surface area contributed by atoms with E-state index >= 15 is 0 Å². The second-order valence-corrected chi connectivity index (χ2v) is 11.8. The second-order valence-electron chi connectivity index (χ2n) is 11.8. The zero-order valence-electron chi connectivity index (χ0n) is 25.4. The number of pyridine rings is 1. The molecule has 45 heavy (non-hydrogen) atoms. The molecule has 0 radical (unpaired) electrons. The average molecular weight is 607 g/mol. The Kier molecular flexibility index (Phi) is 9.17. The van der Waals surface area contributed by atoms with Gasteiger partial charge in [0.2, 0.25) is 5.95 Å². The summed E-state index contributed by atoms with van der Waals surface area (Å²) in [5, 5.41) is 30.0. The predicted octanol–water partition coefficient (Wildman–Crippen LogP) is 4.10. The predicted molar refractivity (Wildman–Crippen MR) is 171 cm³/mol. The normalized spacial score (nSPS) is 19.6. The zero-order chi connectivity index (χ0) is 31.2. The van der Waals surface area contributed by atoms with Crippen LogP contribution in [0, 0.1) is 17.2 Å². The Morgan fingerprint density at radius 2 is 1.87 bits per heavy atom. The first-order valence-electron chi connectivity index (χ1n) is 15.5. The Hall–Kier alpha value is -5.02. The van der Waals surface area contributed by atoms with Gasteiger partial charge in [-0.25, -0.2) is 14.8 Å². The van der Waals surface area contributed by atoms with Crippen LogP contribution in [0.4, 0.5) is 22.4 Å². The van der Waals surface area contributed by atoms with E-state index in [2.05, 4.69) is 31.7 Å². The van der Waals surface area contributed by atoms with Gasteiger partial charge in [-0.3, -0.25) is 9.58 Å². The number of urea groups is 1. The lowest BCUT2D eigenvalue weighted by Crippen LogP contribution is -2.49. The number of aliphatic hydroxyl groups excluding tert-OH is 1. The van der Waals surface area contributed by atoms with E-state index < -0.39 is 0 Å². The first kappa shape index (κ1) is 30.0. The van der Waals surface area contributed by atoms with Crippen molar-refractivity contribution in [2.24, 2.45) is 13.0 Å². The van der Waals surface area contributed by atoms with E-state index in [4.69, 9.17) is 9.97 Å². The number of amides is 2. The largest absolute Gasteiger partial charge is 0.396 e. The molecule has 1 aromatic carbocycles. The van der Waals surface area contributed by atoms with Crippen LogP contribution < -0.4 is 20.4 Å². The quantitative estimate of drug-likeness (QED) is 0.256. The minimum absolute atomic E-state index is 0.0342. The molecule has 1 aliphatic carbocycles. The molecule has 12 nitrogen and oxygen atoms in total. The van der Waals surface area contributed by atoms with E-state index in [0.717, 1.165) is 55.3 Å². The van der Waals surface area contributed by atoms with Crippen molar-refractivity contribution >= 4 is 23.6 Å². The number of hydrogen-bond donors (Lipinski definition) is 3. The fourth-order valence-electron chi connectivity index (χ4n) is 6.18. The fraction of sp³-hybridized carbons (Fsp3) is 0.394. The van der Waals surface area contributed by atoms with Crippen LogP contribution in [0.25, 0.3) is 11.1 Å². The molecule has 232 valence electrons. The van der Waals surface area contributed by atoms with Gasteiger partial charge in [0.05, 0.1) is 12.4 Å². The van der Waals surface area contributed by atoms with Crippen LogP contribution in [-0.2, 0) is 13.6 Å². The van der Waals surface area contributed by atoms with Gasteiger partial charge in [0, 0.05) is 74.8 Å². The van der Waals surface area contributed by atoms with Gasteiger partial charge in [-0.1, -0.05) is 30.3 Å². The van der Waals surface area contributed by atoms with Crippen molar-refractivity contribution in [3.8, 4) is 17.2 Å². The maximum atomic E-state index is 13.7. The SMILES string of the molecule is Cn1cc(-c2ccc(N(C(=O)NCc3ccccc3)C3CCC(Nc4ncc(C#N)c(N5CCC(CO)C5)n4)CC3)nc2)cn1. The maximum absolute atomic E-state index is 13.7. The summed E-state index contributed by atoms with van der Waals surface area (Å²) in [6.45, 7) is 1.98. The lowest BCUT2D eigenvalue weighted by molar-refractivity contribution is 0.238. The third-order valence-corrected chi connectivity index (χ3v) is 8.67. The number of nitriles is 1. The molecular weight excluding hydrogens is 568 g/mol. The second kappa shape index (κ2) is 13.7. The Morgan fingerprint density at radius 3 is 2.53 bits per heavy atom. The zero-order valence-corrected chi connectivity index (χ0v) is 25.4. The number of nitrogens with one attached hydrogen (secondary N) is 2. The summed E-state index contributed by atoms with van der Waals surface area (Å²) in [5.41, 5.74) is 3.37. The first-order chi connectivity index (χ1) is 22.0. The van der Waals surface area contributed by atoms with Gasteiger partial charge in [0.1, 0.15) is 17.5 Å². The van der Waals surface area contributed by atoms with Crippen molar-refractivity contribution in [3.63, 3.8) is 0 Å². The van der Waals surface area contributed by atoms with Gasteiger partial charge in [-0.15, -0.1) is 0 Å². The molecule has 2 aliphatic rings. The minimum atomic E-state index is -0.177.